The average Bonchev–Trinajstić information content (AvgIpc) is 3.21. The van der Waals surface area contributed by atoms with Gasteiger partial charge >= 0.3 is 0 Å². The third kappa shape index (κ3) is 3.07. The van der Waals surface area contributed by atoms with E-state index in [0.29, 0.717) is 0 Å². The first-order valence-corrected chi connectivity index (χ1v) is 9.23. The highest BCUT2D eigenvalue weighted by atomic mass is 16.5. The van der Waals surface area contributed by atoms with Crippen LogP contribution in [0.3, 0.4) is 0 Å². The van der Waals surface area contributed by atoms with Gasteiger partial charge < -0.3 is 9.30 Å². The topological polar surface area (TPSA) is 44.9 Å². The van der Waals surface area contributed by atoms with Gasteiger partial charge in [0, 0.05) is 44.0 Å². The molecule has 1 saturated heterocycles. The Morgan fingerprint density at radius 2 is 1.85 bits per heavy atom. The molecule has 1 aliphatic heterocycles. The first-order valence-electron chi connectivity index (χ1n) is 9.23. The van der Waals surface area contributed by atoms with E-state index in [1.807, 2.05) is 24.3 Å². The average molecular weight is 350 g/mol. The maximum atomic E-state index is 5.69. The van der Waals surface area contributed by atoms with Gasteiger partial charge in [0.2, 0.25) is 0 Å². The molecule has 0 saturated carbocycles. The summed E-state index contributed by atoms with van der Waals surface area (Å²) in [4.78, 5) is 4.45. The number of nitrogens with zero attached hydrogens (tertiary/aromatic N) is 4. The summed E-state index contributed by atoms with van der Waals surface area (Å²) in [5.74, 6) is 0. The first kappa shape index (κ1) is 17.0. The van der Waals surface area contributed by atoms with Crippen LogP contribution < -0.4 is 0 Å². The van der Waals surface area contributed by atoms with Crippen LogP contribution in [0.25, 0.3) is 11.3 Å². The summed E-state index contributed by atoms with van der Waals surface area (Å²) in [6.45, 7) is 6.72. The van der Waals surface area contributed by atoms with Gasteiger partial charge in [-0.3, -0.25) is 4.68 Å². The molecule has 5 nitrogen and oxygen atoms in total. The summed E-state index contributed by atoms with van der Waals surface area (Å²) in [5.41, 5.74) is 6.09. The number of ether oxygens (including phenoxy) is 1. The highest BCUT2D eigenvalue weighted by Gasteiger charge is 2.35. The number of hydrogen-bond acceptors (Lipinski definition) is 3. The van der Waals surface area contributed by atoms with Gasteiger partial charge in [-0.2, -0.15) is 5.10 Å². The standard InChI is InChI=1S/C21H26N4O/c1-16-4-6-18(7-5-16)21(8-10-26-11-9-21)14-25-15-22-12-20(25)19-13-24(3)23-17(19)2/h4-7,12-13,15H,8-11,14H2,1-3H3. The van der Waals surface area contributed by atoms with Crippen molar-refractivity contribution in [2.75, 3.05) is 13.2 Å². The summed E-state index contributed by atoms with van der Waals surface area (Å²) >= 11 is 0. The van der Waals surface area contributed by atoms with Crippen molar-refractivity contribution in [1.29, 1.82) is 0 Å². The van der Waals surface area contributed by atoms with E-state index in [2.05, 4.69) is 59.0 Å². The largest absolute Gasteiger partial charge is 0.381 e. The van der Waals surface area contributed by atoms with Gasteiger partial charge in [0.25, 0.3) is 0 Å². The number of aryl methyl sites for hydroxylation is 3. The smallest absolute Gasteiger partial charge is 0.0951 e. The van der Waals surface area contributed by atoms with E-state index in [9.17, 15) is 0 Å². The summed E-state index contributed by atoms with van der Waals surface area (Å²) in [6.07, 6.45) is 8.03. The maximum absolute atomic E-state index is 5.69. The van der Waals surface area contributed by atoms with E-state index in [1.165, 1.54) is 11.1 Å². The van der Waals surface area contributed by atoms with Crippen LogP contribution in [-0.2, 0) is 23.7 Å². The molecule has 0 radical (unpaired) electrons. The van der Waals surface area contributed by atoms with Crippen molar-refractivity contribution in [2.45, 2.75) is 38.6 Å². The van der Waals surface area contributed by atoms with E-state index in [-0.39, 0.29) is 5.41 Å². The lowest BCUT2D eigenvalue weighted by atomic mass is 9.74. The lowest BCUT2D eigenvalue weighted by Crippen LogP contribution is -2.38. The van der Waals surface area contributed by atoms with Gasteiger partial charge in [-0.1, -0.05) is 29.8 Å². The van der Waals surface area contributed by atoms with Crippen molar-refractivity contribution in [1.82, 2.24) is 19.3 Å². The van der Waals surface area contributed by atoms with Gasteiger partial charge in [-0.05, 0) is 32.3 Å². The highest BCUT2D eigenvalue weighted by molar-refractivity contribution is 5.60. The Morgan fingerprint density at radius 3 is 2.50 bits per heavy atom. The van der Waals surface area contributed by atoms with Crippen LogP contribution >= 0.6 is 0 Å². The molecule has 1 aromatic carbocycles. The molecule has 0 unspecified atom stereocenters. The molecule has 0 aliphatic carbocycles. The second-order valence-corrected chi connectivity index (χ2v) is 7.47. The van der Waals surface area contributed by atoms with Gasteiger partial charge in [-0.15, -0.1) is 0 Å². The first-order chi connectivity index (χ1) is 12.6. The second kappa shape index (κ2) is 6.72. The molecule has 0 amide bonds. The number of aromatic nitrogens is 4. The quantitative estimate of drug-likeness (QED) is 0.721. The Morgan fingerprint density at radius 1 is 1.12 bits per heavy atom. The fraction of sp³-hybridized carbons (Fsp3) is 0.429. The van der Waals surface area contributed by atoms with Gasteiger partial charge in [0.15, 0.2) is 0 Å². The van der Waals surface area contributed by atoms with E-state index in [4.69, 9.17) is 4.74 Å². The van der Waals surface area contributed by atoms with Crippen molar-refractivity contribution < 1.29 is 4.74 Å². The zero-order valence-electron chi connectivity index (χ0n) is 15.8. The normalized spacial score (nSPS) is 16.7. The minimum atomic E-state index is 0.0809. The molecule has 2 aromatic heterocycles. The molecule has 0 atom stereocenters. The Hall–Kier alpha value is -2.40. The van der Waals surface area contributed by atoms with Crippen molar-refractivity contribution in [3.63, 3.8) is 0 Å². The zero-order chi connectivity index (χ0) is 18.1. The molecule has 0 N–H and O–H groups in total. The molecule has 26 heavy (non-hydrogen) atoms. The van der Waals surface area contributed by atoms with Crippen molar-refractivity contribution in [3.8, 4) is 11.3 Å². The molecule has 1 fully saturated rings. The predicted octanol–water partition coefficient (Wildman–Crippen LogP) is 3.65. The molecular weight excluding hydrogens is 324 g/mol. The molecule has 0 bridgehead atoms. The summed E-state index contributed by atoms with van der Waals surface area (Å²) in [5, 5.41) is 4.50. The SMILES string of the molecule is Cc1ccc(C2(Cn3cncc3-c3cn(C)nc3C)CCOCC2)cc1. The lowest BCUT2D eigenvalue weighted by Gasteiger charge is -2.38. The predicted molar refractivity (Wildman–Crippen MR) is 102 cm³/mol. The van der Waals surface area contributed by atoms with E-state index in [1.54, 1.807) is 0 Å². The fourth-order valence-electron chi connectivity index (χ4n) is 4.06. The molecule has 5 heteroatoms. The van der Waals surface area contributed by atoms with Crippen LogP contribution in [0.15, 0.2) is 43.0 Å². The monoisotopic (exact) mass is 350 g/mol. The van der Waals surface area contributed by atoms with Crippen LogP contribution in [0.2, 0.25) is 0 Å². The molecular formula is C21H26N4O. The minimum absolute atomic E-state index is 0.0809. The van der Waals surface area contributed by atoms with E-state index < -0.39 is 0 Å². The summed E-state index contributed by atoms with van der Waals surface area (Å²) in [6, 6.07) is 9.00. The molecule has 3 heterocycles. The Balaban J connectivity index is 1.73. The molecule has 3 aromatic rings. The van der Waals surface area contributed by atoms with Crippen LogP contribution in [0.5, 0.6) is 0 Å². The molecule has 1 aliphatic rings. The Bertz CT molecular complexity index is 885. The maximum Gasteiger partial charge on any atom is 0.0951 e. The van der Waals surface area contributed by atoms with Crippen LogP contribution in [0, 0.1) is 13.8 Å². The van der Waals surface area contributed by atoms with Crippen LogP contribution in [0.4, 0.5) is 0 Å². The van der Waals surface area contributed by atoms with E-state index >= 15 is 0 Å². The minimum Gasteiger partial charge on any atom is -0.381 e. The van der Waals surface area contributed by atoms with Gasteiger partial charge in [0.1, 0.15) is 0 Å². The van der Waals surface area contributed by atoms with E-state index in [0.717, 1.165) is 49.6 Å². The zero-order valence-corrected chi connectivity index (χ0v) is 15.8. The van der Waals surface area contributed by atoms with Crippen LogP contribution in [0.1, 0.15) is 29.7 Å². The van der Waals surface area contributed by atoms with Crippen molar-refractivity contribution >= 4 is 0 Å². The Labute approximate surface area is 154 Å². The summed E-state index contributed by atoms with van der Waals surface area (Å²) < 4.78 is 9.84. The number of imidazole rings is 1. The van der Waals surface area contributed by atoms with Crippen molar-refractivity contribution in [2.24, 2.45) is 7.05 Å². The molecule has 0 spiro atoms. The number of rotatable bonds is 4. The molecule has 4 rings (SSSR count). The number of benzene rings is 1. The van der Waals surface area contributed by atoms with Gasteiger partial charge in [-0.25, -0.2) is 4.98 Å². The van der Waals surface area contributed by atoms with Crippen LogP contribution in [-0.4, -0.2) is 32.5 Å². The third-order valence-corrected chi connectivity index (χ3v) is 5.59. The summed E-state index contributed by atoms with van der Waals surface area (Å²) in [7, 11) is 1.96. The number of hydrogen-bond donors (Lipinski definition) is 0. The fourth-order valence-corrected chi connectivity index (χ4v) is 4.06. The highest BCUT2D eigenvalue weighted by Crippen LogP contribution is 2.38. The van der Waals surface area contributed by atoms with Crippen molar-refractivity contribution in [3.05, 3.63) is 59.8 Å². The third-order valence-electron chi connectivity index (χ3n) is 5.59. The molecule has 136 valence electrons. The van der Waals surface area contributed by atoms with Gasteiger partial charge in [0.05, 0.1) is 23.9 Å². The Kier molecular flexibility index (Phi) is 4.41. The second-order valence-electron chi connectivity index (χ2n) is 7.47. The lowest BCUT2D eigenvalue weighted by molar-refractivity contribution is 0.0436.